The van der Waals surface area contributed by atoms with Crippen molar-refractivity contribution in [2.45, 2.75) is 38.3 Å². The summed E-state index contributed by atoms with van der Waals surface area (Å²) >= 11 is 0. The zero-order valence-corrected chi connectivity index (χ0v) is 12.8. The third kappa shape index (κ3) is 3.77. The Kier molecular flexibility index (Phi) is 5.40. The van der Waals surface area contributed by atoms with Crippen molar-refractivity contribution in [2.75, 3.05) is 13.6 Å². The number of hydroxylamine groups is 1. The first-order valence-electron chi connectivity index (χ1n) is 7.49. The number of hydrogen-bond acceptors (Lipinski definition) is 6. The highest BCUT2D eigenvalue weighted by Gasteiger charge is 2.29. The molecule has 8 heteroatoms. The molecule has 1 fully saturated rings. The van der Waals surface area contributed by atoms with Crippen LogP contribution in [0, 0.1) is 5.41 Å². The molecule has 0 bridgehead atoms. The van der Waals surface area contributed by atoms with Crippen LogP contribution in [0.5, 0.6) is 0 Å². The molecule has 22 heavy (non-hydrogen) atoms. The molecular weight excluding hydrogens is 286 g/mol. The van der Waals surface area contributed by atoms with Crippen molar-refractivity contribution >= 4 is 11.8 Å². The van der Waals surface area contributed by atoms with Gasteiger partial charge in [-0.25, -0.2) is 5.43 Å². The summed E-state index contributed by atoms with van der Waals surface area (Å²) in [6.45, 7) is 0.279. The molecule has 6 N–H and O–H groups in total. The topological polar surface area (TPSA) is 119 Å². The first kappa shape index (κ1) is 16.3. The zero-order valence-electron chi connectivity index (χ0n) is 12.8. The van der Waals surface area contributed by atoms with Crippen molar-refractivity contribution in [3.05, 3.63) is 23.5 Å². The number of carbonyl (C=O) groups excluding carboxylic acids is 1. The van der Waals surface area contributed by atoms with Gasteiger partial charge in [0.2, 0.25) is 11.8 Å². The van der Waals surface area contributed by atoms with E-state index < -0.39 is 6.23 Å². The van der Waals surface area contributed by atoms with Gasteiger partial charge in [0.05, 0.1) is 7.05 Å². The Balaban J connectivity index is 1.87. The predicted octanol–water partition coefficient (Wildman–Crippen LogP) is -0.843. The number of aliphatic hydroxyl groups is 1. The zero-order chi connectivity index (χ0) is 16.1. The second kappa shape index (κ2) is 7.28. The molecular formula is C14H24N5O3+. The van der Waals surface area contributed by atoms with Crippen molar-refractivity contribution in [3.63, 3.8) is 0 Å². The highest BCUT2D eigenvalue weighted by Crippen LogP contribution is 2.18. The molecule has 1 amide bonds. The van der Waals surface area contributed by atoms with E-state index in [1.807, 2.05) is 12.2 Å². The minimum atomic E-state index is -0.742. The van der Waals surface area contributed by atoms with Gasteiger partial charge in [0, 0.05) is 31.5 Å². The van der Waals surface area contributed by atoms with E-state index in [0.717, 1.165) is 24.2 Å². The van der Waals surface area contributed by atoms with E-state index >= 15 is 0 Å². The number of aliphatic hydroxyl groups excluding tert-OH is 1. The summed E-state index contributed by atoms with van der Waals surface area (Å²) in [5, 5.41) is 19.1. The predicted molar refractivity (Wildman–Crippen MR) is 79.7 cm³/mol. The summed E-state index contributed by atoms with van der Waals surface area (Å²) in [5.41, 5.74) is 9.12. The van der Waals surface area contributed by atoms with E-state index in [4.69, 9.17) is 16.0 Å². The number of hydrogen-bond donors (Lipinski definition) is 4. The number of amides is 1. The van der Waals surface area contributed by atoms with Gasteiger partial charge in [-0.3, -0.25) is 10.2 Å². The third-order valence-corrected chi connectivity index (χ3v) is 3.74. The van der Waals surface area contributed by atoms with Gasteiger partial charge < -0.3 is 20.6 Å². The van der Waals surface area contributed by atoms with Crippen molar-refractivity contribution < 1.29 is 20.2 Å². The molecule has 1 aliphatic heterocycles. The van der Waals surface area contributed by atoms with Crippen LogP contribution in [0.3, 0.4) is 0 Å². The van der Waals surface area contributed by atoms with Crippen LogP contribution in [-0.4, -0.2) is 46.8 Å². The third-order valence-electron chi connectivity index (χ3n) is 3.74. The molecule has 2 rings (SSSR count). The number of nitrogens with one attached hydrogen (secondary N) is 1. The number of allylic oxidation sites excluding steroid dienone is 3. The summed E-state index contributed by atoms with van der Waals surface area (Å²) in [6.07, 6.45) is 5.86. The Bertz CT molecular complexity index is 503. The molecule has 0 aromatic rings. The minimum Gasteiger partial charge on any atom is -0.400 e. The maximum absolute atomic E-state index is 11.6. The molecule has 0 aromatic carbocycles. The maximum Gasteiger partial charge on any atom is 0.224 e. The lowest BCUT2D eigenvalue weighted by atomic mass is 10.1. The Labute approximate surface area is 129 Å². The standard InChI is InChI=1S/C14H23N5O3/c1-17-19(11-5-3-2-4-10(11)15)22-12(16)8-9-18-13(20)6-7-14(18)21/h3,5,13,16-17,20H,2,4,6-9,15H2,1H3/p+1. The number of quaternary nitrogens is 1. The Morgan fingerprint density at radius 3 is 3.00 bits per heavy atom. The van der Waals surface area contributed by atoms with Gasteiger partial charge in [0.15, 0.2) is 5.70 Å². The number of nitrogens with zero attached hydrogens (tertiary/aromatic N) is 2. The first-order chi connectivity index (χ1) is 10.5. The van der Waals surface area contributed by atoms with E-state index in [0.29, 0.717) is 12.8 Å². The van der Waals surface area contributed by atoms with Crippen LogP contribution in [0.2, 0.25) is 0 Å². The molecule has 0 spiro atoms. The van der Waals surface area contributed by atoms with Gasteiger partial charge in [0.1, 0.15) is 6.23 Å². The summed E-state index contributed by atoms with van der Waals surface area (Å²) in [7, 11) is 1.80. The molecule has 8 nitrogen and oxygen atoms in total. The van der Waals surface area contributed by atoms with Gasteiger partial charge in [-0.1, -0.05) is 6.08 Å². The lowest BCUT2D eigenvalue weighted by molar-refractivity contribution is -0.825. The number of rotatable bonds is 6. The smallest absolute Gasteiger partial charge is 0.224 e. The van der Waals surface area contributed by atoms with E-state index in [1.54, 1.807) is 12.5 Å². The number of carbonyl (C=O) groups is 1. The average Bonchev–Trinajstić information content (AvgIpc) is 2.82. The van der Waals surface area contributed by atoms with Crippen LogP contribution in [0.4, 0.5) is 0 Å². The number of nitrogens with two attached hydrogens (primary N) is 2. The summed E-state index contributed by atoms with van der Waals surface area (Å²) in [6, 6.07) is 0. The summed E-state index contributed by atoms with van der Waals surface area (Å²) in [5.74, 6) is -0.0642. The summed E-state index contributed by atoms with van der Waals surface area (Å²) < 4.78 is 0. The maximum atomic E-state index is 11.6. The molecule has 0 saturated carbocycles. The van der Waals surface area contributed by atoms with Gasteiger partial charge in [-0.05, 0) is 24.1 Å². The monoisotopic (exact) mass is 310 g/mol. The highest BCUT2D eigenvalue weighted by atomic mass is 16.7. The van der Waals surface area contributed by atoms with E-state index in [-0.39, 0.29) is 24.8 Å². The molecule has 0 radical (unpaired) electrons. The van der Waals surface area contributed by atoms with Crippen LogP contribution in [0.25, 0.3) is 0 Å². The van der Waals surface area contributed by atoms with Gasteiger partial charge in [-0.2, -0.15) is 0 Å². The van der Waals surface area contributed by atoms with E-state index in [2.05, 4.69) is 0 Å². The average molecular weight is 310 g/mol. The van der Waals surface area contributed by atoms with Crippen molar-refractivity contribution in [3.8, 4) is 0 Å². The van der Waals surface area contributed by atoms with Crippen molar-refractivity contribution in [2.24, 2.45) is 5.73 Å². The number of likely N-dealkylation sites (tertiary alicyclic amines) is 1. The molecule has 122 valence electrons. The Morgan fingerprint density at radius 1 is 1.64 bits per heavy atom. The van der Waals surface area contributed by atoms with Crippen LogP contribution in [0.1, 0.15) is 32.1 Å². The fourth-order valence-corrected chi connectivity index (χ4v) is 2.50. The highest BCUT2D eigenvalue weighted by molar-refractivity contribution is 5.79. The summed E-state index contributed by atoms with van der Waals surface area (Å²) in [4.78, 5) is 18.4. The van der Waals surface area contributed by atoms with Gasteiger partial charge in [0.25, 0.3) is 0 Å². The van der Waals surface area contributed by atoms with Gasteiger partial charge >= 0.3 is 0 Å². The lowest BCUT2D eigenvalue weighted by Gasteiger charge is -2.24. The SMILES string of the molecule is C[NH2+]N(OC(=N)CCN1C(=O)CCC1O)C1=C(N)CCC=C1. The van der Waals surface area contributed by atoms with Gasteiger partial charge in [-0.15, -0.1) is 0 Å². The van der Waals surface area contributed by atoms with Crippen LogP contribution < -0.4 is 11.2 Å². The van der Waals surface area contributed by atoms with Crippen LogP contribution in [-0.2, 0) is 9.63 Å². The van der Waals surface area contributed by atoms with E-state index in [9.17, 15) is 9.90 Å². The largest absolute Gasteiger partial charge is 0.400 e. The quantitative estimate of drug-likeness (QED) is 0.221. The fraction of sp³-hybridized carbons (Fsp3) is 0.571. The molecule has 2 aliphatic rings. The van der Waals surface area contributed by atoms with Crippen LogP contribution in [0.15, 0.2) is 23.5 Å². The second-order valence-corrected chi connectivity index (χ2v) is 5.31. The van der Waals surface area contributed by atoms with E-state index in [1.165, 1.54) is 10.1 Å². The van der Waals surface area contributed by atoms with Crippen molar-refractivity contribution in [1.29, 1.82) is 5.41 Å². The normalized spacial score (nSPS) is 21.5. The van der Waals surface area contributed by atoms with Crippen molar-refractivity contribution in [1.82, 2.24) is 10.1 Å². The second-order valence-electron chi connectivity index (χ2n) is 5.31. The molecule has 1 heterocycles. The molecule has 0 aromatic heterocycles. The Hall–Kier alpha value is -2.06. The fourth-order valence-electron chi connectivity index (χ4n) is 2.50. The van der Waals surface area contributed by atoms with Crippen LogP contribution >= 0.6 is 0 Å². The Morgan fingerprint density at radius 2 is 2.41 bits per heavy atom. The molecule has 1 saturated heterocycles. The lowest BCUT2D eigenvalue weighted by Crippen LogP contribution is -2.89. The minimum absolute atomic E-state index is 0.0178. The first-order valence-corrected chi connectivity index (χ1v) is 7.49. The molecule has 1 aliphatic carbocycles. The molecule has 1 atom stereocenters. The molecule has 1 unspecified atom stereocenters.